The van der Waals surface area contributed by atoms with Crippen LogP contribution in [0.2, 0.25) is 0 Å². The Morgan fingerprint density at radius 3 is 2.38 bits per heavy atom. The predicted octanol–water partition coefficient (Wildman–Crippen LogP) is 3.20. The first-order valence-corrected chi connectivity index (χ1v) is 7.42. The molecular weight excluding hydrogens is 270 g/mol. The van der Waals surface area contributed by atoms with Crippen LogP contribution in [0.4, 0.5) is 4.79 Å². The summed E-state index contributed by atoms with van der Waals surface area (Å²) in [7, 11) is 0. The minimum absolute atomic E-state index is 0.401. The van der Waals surface area contributed by atoms with E-state index in [1.807, 2.05) is 13.0 Å². The van der Waals surface area contributed by atoms with E-state index >= 15 is 0 Å². The molecule has 1 saturated heterocycles. The van der Waals surface area contributed by atoms with Crippen LogP contribution >= 0.6 is 0 Å². The second kappa shape index (κ2) is 7.67. The Bertz CT molecular complexity index is 468. The molecule has 0 radical (unpaired) electrons. The predicted molar refractivity (Wildman–Crippen MR) is 77.8 cm³/mol. The standard InChI is InChI=1S/C16H21NO4/c1-2-14(20-15(18)13-9-5-3-6-10-13)21-16(19)17-11-7-4-8-12-17/h3,5-6,9-10,14H,2,4,7-8,11-12H2,1H3/t14-/m1/s1. The largest absolute Gasteiger partial charge is 0.421 e. The van der Waals surface area contributed by atoms with E-state index < -0.39 is 18.4 Å². The van der Waals surface area contributed by atoms with Gasteiger partial charge in [0.1, 0.15) is 0 Å². The van der Waals surface area contributed by atoms with Crippen LogP contribution < -0.4 is 0 Å². The fourth-order valence-electron chi connectivity index (χ4n) is 2.22. The van der Waals surface area contributed by atoms with Gasteiger partial charge in [0.25, 0.3) is 0 Å². The van der Waals surface area contributed by atoms with Gasteiger partial charge in [0, 0.05) is 19.5 Å². The second-order valence-electron chi connectivity index (χ2n) is 5.04. The van der Waals surface area contributed by atoms with Crippen LogP contribution in [0.15, 0.2) is 30.3 Å². The number of rotatable bonds is 4. The van der Waals surface area contributed by atoms with Crippen molar-refractivity contribution < 1.29 is 19.1 Å². The van der Waals surface area contributed by atoms with E-state index in [4.69, 9.17) is 9.47 Å². The van der Waals surface area contributed by atoms with Crippen molar-refractivity contribution in [1.82, 2.24) is 4.90 Å². The first-order chi connectivity index (χ1) is 10.2. The van der Waals surface area contributed by atoms with Crippen LogP contribution in [0, 0.1) is 0 Å². The number of hydrogen-bond donors (Lipinski definition) is 0. The molecule has 0 spiro atoms. The molecule has 1 aromatic rings. The van der Waals surface area contributed by atoms with E-state index in [0.717, 1.165) is 19.3 Å². The van der Waals surface area contributed by atoms with E-state index in [9.17, 15) is 9.59 Å². The van der Waals surface area contributed by atoms with Crippen molar-refractivity contribution in [2.45, 2.75) is 38.9 Å². The Kier molecular flexibility index (Phi) is 5.60. The van der Waals surface area contributed by atoms with Crippen LogP contribution in [-0.2, 0) is 9.47 Å². The number of ether oxygens (including phenoxy) is 2. The molecule has 1 amide bonds. The zero-order valence-electron chi connectivity index (χ0n) is 12.3. The number of nitrogens with zero attached hydrogens (tertiary/aromatic N) is 1. The minimum Gasteiger partial charge on any atom is -0.421 e. The maximum Gasteiger partial charge on any atom is 0.412 e. The molecule has 2 rings (SSSR count). The number of esters is 1. The van der Waals surface area contributed by atoms with Crippen LogP contribution in [0.5, 0.6) is 0 Å². The zero-order valence-corrected chi connectivity index (χ0v) is 12.3. The highest BCUT2D eigenvalue weighted by Crippen LogP contribution is 2.13. The molecule has 0 N–H and O–H groups in total. The number of piperidine rings is 1. The summed E-state index contributed by atoms with van der Waals surface area (Å²) in [6.45, 7) is 3.23. The fraction of sp³-hybridized carbons (Fsp3) is 0.500. The van der Waals surface area contributed by atoms with Gasteiger partial charge in [-0.25, -0.2) is 9.59 Å². The SMILES string of the molecule is CC[C@H](OC(=O)c1ccccc1)OC(=O)N1CCCCC1. The lowest BCUT2D eigenvalue weighted by Gasteiger charge is -2.27. The number of amides is 1. The molecule has 0 bridgehead atoms. The number of benzene rings is 1. The van der Waals surface area contributed by atoms with Crippen LogP contribution in [0.25, 0.3) is 0 Å². The van der Waals surface area contributed by atoms with Gasteiger partial charge in [-0.1, -0.05) is 25.1 Å². The Labute approximate surface area is 124 Å². The van der Waals surface area contributed by atoms with Gasteiger partial charge in [0.05, 0.1) is 5.56 Å². The summed E-state index contributed by atoms with van der Waals surface area (Å²) in [5.74, 6) is -0.478. The molecular formula is C16H21NO4. The quantitative estimate of drug-likeness (QED) is 0.631. The average Bonchev–Trinajstić information content (AvgIpc) is 2.55. The molecule has 21 heavy (non-hydrogen) atoms. The van der Waals surface area contributed by atoms with E-state index in [1.54, 1.807) is 29.2 Å². The molecule has 1 aliphatic rings. The first kappa shape index (κ1) is 15.4. The number of hydrogen-bond acceptors (Lipinski definition) is 4. The van der Waals surface area contributed by atoms with Crippen molar-refractivity contribution in [2.75, 3.05) is 13.1 Å². The lowest BCUT2D eigenvalue weighted by molar-refractivity contribution is -0.0821. The van der Waals surface area contributed by atoms with Crippen molar-refractivity contribution in [3.05, 3.63) is 35.9 Å². The third kappa shape index (κ3) is 4.48. The lowest BCUT2D eigenvalue weighted by atomic mass is 10.1. The van der Waals surface area contributed by atoms with E-state index in [1.165, 1.54) is 0 Å². The zero-order chi connectivity index (χ0) is 15.1. The van der Waals surface area contributed by atoms with Gasteiger partial charge >= 0.3 is 12.1 Å². The monoisotopic (exact) mass is 291 g/mol. The molecule has 0 unspecified atom stereocenters. The van der Waals surface area contributed by atoms with Crippen LogP contribution in [0.1, 0.15) is 43.0 Å². The highest BCUT2D eigenvalue weighted by molar-refractivity contribution is 5.89. The number of carbonyl (C=O) groups is 2. The normalized spacial score (nSPS) is 16.1. The summed E-state index contributed by atoms with van der Waals surface area (Å²) in [4.78, 5) is 25.6. The molecule has 5 nitrogen and oxygen atoms in total. The van der Waals surface area contributed by atoms with Crippen molar-refractivity contribution in [1.29, 1.82) is 0 Å². The number of likely N-dealkylation sites (tertiary alicyclic amines) is 1. The highest BCUT2D eigenvalue weighted by Gasteiger charge is 2.23. The summed E-state index contributed by atoms with van der Waals surface area (Å²) in [6, 6.07) is 8.68. The van der Waals surface area contributed by atoms with Crippen molar-refractivity contribution in [3.8, 4) is 0 Å². The van der Waals surface area contributed by atoms with Crippen molar-refractivity contribution in [3.63, 3.8) is 0 Å². The average molecular weight is 291 g/mol. The second-order valence-corrected chi connectivity index (χ2v) is 5.04. The third-order valence-electron chi connectivity index (χ3n) is 3.43. The highest BCUT2D eigenvalue weighted by atomic mass is 16.7. The molecule has 1 aliphatic heterocycles. The molecule has 5 heteroatoms. The summed E-state index contributed by atoms with van der Waals surface area (Å²) < 4.78 is 10.5. The van der Waals surface area contributed by atoms with Crippen LogP contribution in [0.3, 0.4) is 0 Å². The molecule has 1 aromatic carbocycles. The first-order valence-electron chi connectivity index (χ1n) is 7.42. The van der Waals surface area contributed by atoms with Gasteiger partial charge in [-0.3, -0.25) is 0 Å². The Balaban J connectivity index is 1.87. The lowest BCUT2D eigenvalue weighted by Crippen LogP contribution is -2.38. The van der Waals surface area contributed by atoms with Crippen molar-refractivity contribution in [2.24, 2.45) is 0 Å². The molecule has 0 aliphatic carbocycles. The maximum absolute atomic E-state index is 12.0. The van der Waals surface area contributed by atoms with Gasteiger partial charge in [0.15, 0.2) is 0 Å². The summed E-state index contributed by atoms with van der Waals surface area (Å²) >= 11 is 0. The topological polar surface area (TPSA) is 55.8 Å². The molecule has 114 valence electrons. The third-order valence-corrected chi connectivity index (χ3v) is 3.43. The van der Waals surface area contributed by atoms with Crippen LogP contribution in [-0.4, -0.2) is 36.3 Å². The van der Waals surface area contributed by atoms with Gasteiger partial charge in [-0.05, 0) is 31.4 Å². The molecule has 1 heterocycles. The molecule has 1 fully saturated rings. The molecule has 0 saturated carbocycles. The molecule has 0 aromatic heterocycles. The summed E-state index contributed by atoms with van der Waals surface area (Å²) in [5, 5.41) is 0. The van der Waals surface area contributed by atoms with E-state index in [0.29, 0.717) is 25.1 Å². The van der Waals surface area contributed by atoms with E-state index in [2.05, 4.69) is 0 Å². The fourth-order valence-corrected chi connectivity index (χ4v) is 2.22. The van der Waals surface area contributed by atoms with E-state index in [-0.39, 0.29) is 0 Å². The van der Waals surface area contributed by atoms with Gasteiger partial charge in [0.2, 0.25) is 6.29 Å². The number of carbonyl (C=O) groups excluding carboxylic acids is 2. The summed E-state index contributed by atoms with van der Waals surface area (Å²) in [6.07, 6.45) is 2.32. The molecule has 1 atom stereocenters. The van der Waals surface area contributed by atoms with Crippen molar-refractivity contribution >= 4 is 12.1 Å². The Morgan fingerprint density at radius 2 is 1.76 bits per heavy atom. The van der Waals surface area contributed by atoms with Gasteiger partial charge < -0.3 is 14.4 Å². The van der Waals surface area contributed by atoms with Gasteiger partial charge in [-0.15, -0.1) is 0 Å². The summed E-state index contributed by atoms with van der Waals surface area (Å²) in [5.41, 5.74) is 0.449. The minimum atomic E-state index is -0.841. The van der Waals surface area contributed by atoms with Gasteiger partial charge in [-0.2, -0.15) is 0 Å². The Hall–Kier alpha value is -2.04. The Morgan fingerprint density at radius 1 is 1.10 bits per heavy atom. The smallest absolute Gasteiger partial charge is 0.412 e. The maximum atomic E-state index is 12.0.